The van der Waals surface area contributed by atoms with Crippen LogP contribution in [0.2, 0.25) is 0 Å². The van der Waals surface area contributed by atoms with Gasteiger partial charge in [-0.3, -0.25) is 4.90 Å². The molecule has 0 aromatic rings. The standard InChI is InChI=1S/C11H22N2/c1-2-10(5-6-12)13-8-9-3-4-11(13)7-9/h9-11H,2-8,12H2,1H3. The number of hydrogen-bond acceptors (Lipinski definition) is 2. The van der Waals surface area contributed by atoms with Crippen LogP contribution < -0.4 is 5.73 Å². The zero-order valence-corrected chi connectivity index (χ0v) is 8.71. The monoisotopic (exact) mass is 182 g/mol. The van der Waals surface area contributed by atoms with Gasteiger partial charge in [0.05, 0.1) is 0 Å². The van der Waals surface area contributed by atoms with Gasteiger partial charge in [-0.1, -0.05) is 6.92 Å². The predicted octanol–water partition coefficient (Wildman–Crippen LogP) is 1.60. The summed E-state index contributed by atoms with van der Waals surface area (Å²) in [7, 11) is 0. The summed E-state index contributed by atoms with van der Waals surface area (Å²) in [5.41, 5.74) is 5.64. The van der Waals surface area contributed by atoms with Crippen LogP contribution >= 0.6 is 0 Å². The van der Waals surface area contributed by atoms with Crippen LogP contribution in [0.15, 0.2) is 0 Å². The van der Waals surface area contributed by atoms with E-state index in [4.69, 9.17) is 5.73 Å². The maximum absolute atomic E-state index is 5.64. The molecule has 1 heterocycles. The van der Waals surface area contributed by atoms with E-state index in [0.717, 1.165) is 24.5 Å². The van der Waals surface area contributed by atoms with E-state index in [0.29, 0.717) is 0 Å². The van der Waals surface area contributed by atoms with Crippen LogP contribution in [-0.2, 0) is 0 Å². The molecule has 2 heteroatoms. The van der Waals surface area contributed by atoms with Crippen molar-refractivity contribution in [1.29, 1.82) is 0 Å². The Kier molecular flexibility index (Phi) is 2.89. The summed E-state index contributed by atoms with van der Waals surface area (Å²) in [6, 6.07) is 1.70. The molecule has 0 aromatic carbocycles. The summed E-state index contributed by atoms with van der Waals surface area (Å²) in [5.74, 6) is 1.02. The lowest BCUT2D eigenvalue weighted by molar-refractivity contribution is 0.139. The third kappa shape index (κ3) is 1.75. The lowest BCUT2D eigenvalue weighted by Crippen LogP contribution is -2.41. The molecule has 2 nitrogen and oxygen atoms in total. The molecule has 0 spiro atoms. The van der Waals surface area contributed by atoms with Gasteiger partial charge in [-0.15, -0.1) is 0 Å². The van der Waals surface area contributed by atoms with Crippen molar-refractivity contribution in [3.63, 3.8) is 0 Å². The molecule has 1 aliphatic heterocycles. The second kappa shape index (κ2) is 3.97. The Morgan fingerprint density at radius 1 is 1.46 bits per heavy atom. The first-order chi connectivity index (χ1) is 6.35. The van der Waals surface area contributed by atoms with Crippen molar-refractivity contribution in [3.05, 3.63) is 0 Å². The van der Waals surface area contributed by atoms with Crippen LogP contribution in [-0.4, -0.2) is 30.1 Å². The Balaban J connectivity index is 1.92. The highest BCUT2D eigenvalue weighted by Gasteiger charge is 2.39. The quantitative estimate of drug-likeness (QED) is 0.715. The van der Waals surface area contributed by atoms with Crippen LogP contribution in [0.5, 0.6) is 0 Å². The second-order valence-electron chi connectivity index (χ2n) is 4.67. The Labute approximate surface area is 81.5 Å². The summed E-state index contributed by atoms with van der Waals surface area (Å²) in [4.78, 5) is 2.74. The van der Waals surface area contributed by atoms with Crippen LogP contribution in [0.3, 0.4) is 0 Å². The van der Waals surface area contributed by atoms with Crippen molar-refractivity contribution in [1.82, 2.24) is 4.90 Å². The molecule has 13 heavy (non-hydrogen) atoms. The minimum absolute atomic E-state index is 0.778. The highest BCUT2D eigenvalue weighted by atomic mass is 15.2. The molecule has 1 saturated carbocycles. The van der Waals surface area contributed by atoms with E-state index >= 15 is 0 Å². The predicted molar refractivity (Wildman–Crippen MR) is 55.6 cm³/mol. The van der Waals surface area contributed by atoms with Gasteiger partial charge < -0.3 is 5.73 Å². The van der Waals surface area contributed by atoms with Gasteiger partial charge in [0.25, 0.3) is 0 Å². The van der Waals surface area contributed by atoms with Gasteiger partial charge in [-0.05, 0) is 44.6 Å². The largest absolute Gasteiger partial charge is 0.330 e. The molecule has 2 fully saturated rings. The van der Waals surface area contributed by atoms with Crippen LogP contribution in [0.1, 0.15) is 39.0 Å². The molecule has 3 atom stereocenters. The Hall–Kier alpha value is -0.0800. The Bertz CT molecular complexity index is 169. The minimum Gasteiger partial charge on any atom is -0.330 e. The highest BCUT2D eigenvalue weighted by molar-refractivity contribution is 4.94. The van der Waals surface area contributed by atoms with Gasteiger partial charge in [0.1, 0.15) is 0 Å². The highest BCUT2D eigenvalue weighted by Crippen LogP contribution is 2.39. The summed E-state index contributed by atoms with van der Waals surface area (Å²) in [6.45, 7) is 4.52. The van der Waals surface area contributed by atoms with E-state index in [2.05, 4.69) is 11.8 Å². The van der Waals surface area contributed by atoms with Crippen molar-refractivity contribution in [3.8, 4) is 0 Å². The third-order valence-corrected chi connectivity index (χ3v) is 3.89. The van der Waals surface area contributed by atoms with Gasteiger partial charge in [-0.2, -0.15) is 0 Å². The fourth-order valence-electron chi connectivity index (χ4n) is 3.21. The van der Waals surface area contributed by atoms with E-state index in [1.165, 1.54) is 38.6 Å². The van der Waals surface area contributed by atoms with Gasteiger partial charge in [0, 0.05) is 18.6 Å². The number of piperidine rings is 1. The first-order valence-electron chi connectivity index (χ1n) is 5.81. The van der Waals surface area contributed by atoms with E-state index in [-0.39, 0.29) is 0 Å². The summed E-state index contributed by atoms with van der Waals surface area (Å²) < 4.78 is 0. The number of hydrogen-bond donors (Lipinski definition) is 1. The molecule has 3 unspecified atom stereocenters. The van der Waals surface area contributed by atoms with Crippen LogP contribution in [0.25, 0.3) is 0 Å². The molecule has 76 valence electrons. The number of fused-ring (bicyclic) bond motifs is 2. The van der Waals surface area contributed by atoms with Gasteiger partial charge in [0.2, 0.25) is 0 Å². The van der Waals surface area contributed by atoms with E-state index in [9.17, 15) is 0 Å². The average Bonchev–Trinajstić information content (AvgIpc) is 2.74. The number of likely N-dealkylation sites (tertiary alicyclic amines) is 1. The minimum atomic E-state index is 0.778. The number of rotatable bonds is 4. The van der Waals surface area contributed by atoms with E-state index in [1.54, 1.807) is 0 Å². The first-order valence-corrected chi connectivity index (χ1v) is 5.81. The molecule has 0 amide bonds. The maximum Gasteiger partial charge on any atom is 0.0108 e. The number of nitrogens with zero attached hydrogens (tertiary/aromatic N) is 1. The molecule has 0 radical (unpaired) electrons. The molecule has 2 N–H and O–H groups in total. The number of nitrogens with two attached hydrogens (primary N) is 1. The van der Waals surface area contributed by atoms with E-state index in [1.807, 2.05) is 0 Å². The van der Waals surface area contributed by atoms with Crippen molar-refractivity contribution in [2.24, 2.45) is 11.7 Å². The average molecular weight is 182 g/mol. The van der Waals surface area contributed by atoms with Crippen LogP contribution in [0, 0.1) is 5.92 Å². The summed E-state index contributed by atoms with van der Waals surface area (Å²) >= 11 is 0. The molecule has 2 rings (SSSR count). The lowest BCUT2D eigenvalue weighted by atomic mass is 10.0. The van der Waals surface area contributed by atoms with Crippen LogP contribution in [0.4, 0.5) is 0 Å². The summed E-state index contributed by atoms with van der Waals surface area (Å²) in [5, 5.41) is 0. The fourth-order valence-corrected chi connectivity index (χ4v) is 3.21. The van der Waals surface area contributed by atoms with Gasteiger partial charge >= 0.3 is 0 Å². The summed E-state index contributed by atoms with van der Waals surface area (Å²) in [6.07, 6.45) is 6.88. The fraction of sp³-hybridized carbons (Fsp3) is 1.00. The van der Waals surface area contributed by atoms with Crippen molar-refractivity contribution in [2.75, 3.05) is 13.1 Å². The van der Waals surface area contributed by atoms with Crippen molar-refractivity contribution in [2.45, 2.75) is 51.1 Å². The molecular formula is C11H22N2. The molecule has 2 aliphatic rings. The Morgan fingerprint density at radius 3 is 2.77 bits per heavy atom. The lowest BCUT2D eigenvalue weighted by Gasteiger charge is -2.34. The zero-order valence-electron chi connectivity index (χ0n) is 8.71. The molecule has 0 aromatic heterocycles. The first kappa shape index (κ1) is 9.47. The molecule has 1 saturated heterocycles. The third-order valence-electron chi connectivity index (χ3n) is 3.89. The smallest absolute Gasteiger partial charge is 0.0108 e. The van der Waals surface area contributed by atoms with Gasteiger partial charge in [0.15, 0.2) is 0 Å². The van der Waals surface area contributed by atoms with Crippen molar-refractivity contribution >= 4 is 0 Å². The van der Waals surface area contributed by atoms with Crippen molar-refractivity contribution < 1.29 is 0 Å². The topological polar surface area (TPSA) is 29.3 Å². The zero-order chi connectivity index (χ0) is 9.26. The maximum atomic E-state index is 5.64. The second-order valence-corrected chi connectivity index (χ2v) is 4.67. The van der Waals surface area contributed by atoms with Gasteiger partial charge in [-0.25, -0.2) is 0 Å². The SMILES string of the molecule is CCC(CCN)N1CC2CCC1C2. The molecule has 1 aliphatic carbocycles. The molecule has 2 bridgehead atoms. The normalized spacial score (nSPS) is 35.5. The molecular weight excluding hydrogens is 160 g/mol. The Morgan fingerprint density at radius 2 is 2.31 bits per heavy atom. The van der Waals surface area contributed by atoms with E-state index < -0.39 is 0 Å².